The van der Waals surface area contributed by atoms with Crippen molar-refractivity contribution < 1.29 is 19.0 Å². The quantitative estimate of drug-likeness (QED) is 0.307. The number of methoxy groups -OCH3 is 2. The molecule has 0 saturated carbocycles. The Kier molecular flexibility index (Phi) is 7.89. The molecule has 180 valence electrons. The Balaban J connectivity index is 1.50. The van der Waals surface area contributed by atoms with Gasteiger partial charge in [-0.1, -0.05) is 30.0 Å². The van der Waals surface area contributed by atoms with Crippen molar-refractivity contribution in [3.63, 3.8) is 0 Å². The van der Waals surface area contributed by atoms with Crippen LogP contribution in [-0.4, -0.2) is 40.6 Å². The molecule has 1 atom stereocenters. The topological polar surface area (TPSA) is 87.5 Å². The third-order valence-electron chi connectivity index (χ3n) is 5.11. The molecule has 8 nitrogen and oxygen atoms in total. The van der Waals surface area contributed by atoms with Crippen molar-refractivity contribution in [1.82, 2.24) is 14.8 Å². The number of benzene rings is 3. The molecule has 1 unspecified atom stereocenters. The minimum atomic E-state index is -0.390. The Labute approximate surface area is 208 Å². The first-order chi connectivity index (χ1) is 17.1. The maximum Gasteiger partial charge on any atom is 0.234 e. The van der Waals surface area contributed by atoms with Gasteiger partial charge in [0, 0.05) is 11.4 Å². The van der Waals surface area contributed by atoms with Gasteiger partial charge in [-0.25, -0.2) is 0 Å². The lowest BCUT2D eigenvalue weighted by molar-refractivity contribution is -0.113. The summed E-state index contributed by atoms with van der Waals surface area (Å²) in [5, 5.41) is 12.2. The summed E-state index contributed by atoms with van der Waals surface area (Å²) in [5.74, 6) is 2.83. The van der Waals surface area contributed by atoms with Gasteiger partial charge in [0.2, 0.25) is 5.91 Å². The number of nitrogens with zero attached hydrogens (tertiary/aromatic N) is 3. The Morgan fingerprint density at radius 3 is 2.11 bits per heavy atom. The molecule has 9 heteroatoms. The van der Waals surface area contributed by atoms with Gasteiger partial charge in [0.1, 0.15) is 17.2 Å². The predicted molar refractivity (Wildman–Crippen MR) is 136 cm³/mol. The highest BCUT2D eigenvalue weighted by Crippen LogP contribution is 2.28. The van der Waals surface area contributed by atoms with E-state index in [0.29, 0.717) is 22.4 Å². The van der Waals surface area contributed by atoms with Crippen molar-refractivity contribution in [2.24, 2.45) is 0 Å². The minimum absolute atomic E-state index is 0.146. The third kappa shape index (κ3) is 6.13. The number of carbonyl (C=O) groups excluding carboxylic acids is 1. The number of hydrogen-bond acceptors (Lipinski definition) is 7. The van der Waals surface area contributed by atoms with Crippen LogP contribution >= 0.6 is 11.8 Å². The second kappa shape index (κ2) is 11.4. The van der Waals surface area contributed by atoms with E-state index in [-0.39, 0.29) is 11.7 Å². The highest BCUT2D eigenvalue weighted by Gasteiger charge is 2.21. The number of ether oxygens (including phenoxy) is 3. The normalized spacial score (nSPS) is 11.5. The van der Waals surface area contributed by atoms with Crippen LogP contribution < -0.4 is 19.5 Å². The number of rotatable bonds is 10. The Bertz CT molecular complexity index is 1240. The van der Waals surface area contributed by atoms with Crippen molar-refractivity contribution in [2.75, 3.05) is 25.3 Å². The maximum absolute atomic E-state index is 12.6. The molecule has 0 bridgehead atoms. The average molecular weight is 491 g/mol. The largest absolute Gasteiger partial charge is 0.497 e. The van der Waals surface area contributed by atoms with Crippen LogP contribution in [0.15, 0.2) is 84.0 Å². The highest BCUT2D eigenvalue weighted by molar-refractivity contribution is 7.99. The zero-order valence-corrected chi connectivity index (χ0v) is 20.5. The van der Waals surface area contributed by atoms with E-state index in [9.17, 15) is 4.79 Å². The van der Waals surface area contributed by atoms with Gasteiger partial charge in [0.25, 0.3) is 0 Å². The van der Waals surface area contributed by atoms with E-state index in [0.717, 1.165) is 17.2 Å². The smallest absolute Gasteiger partial charge is 0.234 e. The second-order valence-corrected chi connectivity index (χ2v) is 8.46. The van der Waals surface area contributed by atoms with Gasteiger partial charge >= 0.3 is 0 Å². The Morgan fingerprint density at radius 1 is 0.886 bits per heavy atom. The van der Waals surface area contributed by atoms with Crippen LogP contribution in [0.1, 0.15) is 18.9 Å². The molecule has 1 aromatic heterocycles. The molecule has 35 heavy (non-hydrogen) atoms. The van der Waals surface area contributed by atoms with Crippen molar-refractivity contribution in [2.45, 2.75) is 18.2 Å². The third-order valence-corrected chi connectivity index (χ3v) is 6.04. The summed E-state index contributed by atoms with van der Waals surface area (Å²) < 4.78 is 18.4. The second-order valence-electron chi connectivity index (χ2n) is 7.51. The van der Waals surface area contributed by atoms with Crippen LogP contribution in [0.3, 0.4) is 0 Å². The summed E-state index contributed by atoms with van der Waals surface area (Å²) in [7, 11) is 3.22. The Morgan fingerprint density at radius 2 is 1.49 bits per heavy atom. The van der Waals surface area contributed by atoms with E-state index in [4.69, 9.17) is 14.2 Å². The monoisotopic (exact) mass is 490 g/mol. The van der Waals surface area contributed by atoms with E-state index in [1.165, 1.54) is 11.8 Å². The van der Waals surface area contributed by atoms with Crippen molar-refractivity contribution in [3.8, 4) is 22.9 Å². The fourth-order valence-corrected chi connectivity index (χ4v) is 4.13. The molecule has 0 spiro atoms. The standard InChI is InChI=1S/C26H26N4O4S/c1-18(34-23-15-13-22(33-3)14-16-23)25-28-29-26(30(25)20-7-5-4-6-8-20)35-17-24(31)27-19-9-11-21(32-2)12-10-19/h4-16,18H,17H2,1-3H3,(H,27,31). The van der Waals surface area contributed by atoms with Gasteiger partial charge in [-0.05, 0) is 67.6 Å². The lowest BCUT2D eigenvalue weighted by Gasteiger charge is -2.17. The maximum atomic E-state index is 12.6. The lowest BCUT2D eigenvalue weighted by Crippen LogP contribution is -2.15. The molecule has 1 N–H and O–H groups in total. The number of carbonyl (C=O) groups is 1. The number of nitrogens with one attached hydrogen (secondary N) is 1. The molecule has 0 aliphatic heterocycles. The first-order valence-corrected chi connectivity index (χ1v) is 11.9. The molecule has 4 rings (SSSR count). The van der Waals surface area contributed by atoms with E-state index in [1.54, 1.807) is 38.5 Å². The molecule has 0 radical (unpaired) electrons. The number of hydrogen-bond donors (Lipinski definition) is 1. The van der Waals surface area contributed by atoms with Crippen molar-refractivity contribution in [3.05, 3.63) is 84.7 Å². The molecule has 0 fully saturated rings. The van der Waals surface area contributed by atoms with Crippen LogP contribution in [0.4, 0.5) is 5.69 Å². The number of thioether (sulfide) groups is 1. The molecule has 3 aromatic carbocycles. The van der Waals surface area contributed by atoms with Gasteiger partial charge in [0.05, 0.1) is 20.0 Å². The van der Waals surface area contributed by atoms with Gasteiger partial charge < -0.3 is 19.5 Å². The minimum Gasteiger partial charge on any atom is -0.497 e. The van der Waals surface area contributed by atoms with Crippen LogP contribution in [-0.2, 0) is 4.79 Å². The molecule has 1 heterocycles. The Hall–Kier alpha value is -3.98. The zero-order valence-electron chi connectivity index (χ0n) is 19.7. The SMILES string of the molecule is COc1ccc(NC(=O)CSc2nnc(C(C)Oc3ccc(OC)cc3)n2-c2ccccc2)cc1. The highest BCUT2D eigenvalue weighted by atomic mass is 32.2. The summed E-state index contributed by atoms with van der Waals surface area (Å²) >= 11 is 1.31. The summed E-state index contributed by atoms with van der Waals surface area (Å²) in [5.41, 5.74) is 1.58. The van der Waals surface area contributed by atoms with E-state index < -0.39 is 6.10 Å². The fourth-order valence-electron chi connectivity index (χ4n) is 3.37. The first kappa shape index (κ1) is 24.2. The molecular formula is C26H26N4O4S. The number of aromatic nitrogens is 3. The van der Waals surface area contributed by atoms with Crippen LogP contribution in [0.5, 0.6) is 17.2 Å². The molecule has 0 aliphatic rings. The summed E-state index contributed by atoms with van der Waals surface area (Å²) in [6, 6.07) is 24.3. The molecular weight excluding hydrogens is 464 g/mol. The first-order valence-electron chi connectivity index (χ1n) is 11.0. The van der Waals surface area contributed by atoms with Crippen molar-refractivity contribution >= 4 is 23.4 Å². The van der Waals surface area contributed by atoms with Crippen molar-refractivity contribution in [1.29, 1.82) is 0 Å². The average Bonchev–Trinajstić information content (AvgIpc) is 3.33. The van der Waals surface area contributed by atoms with Crippen LogP contribution in [0.2, 0.25) is 0 Å². The number of anilines is 1. The molecule has 4 aromatic rings. The lowest BCUT2D eigenvalue weighted by atomic mass is 10.3. The van der Waals surface area contributed by atoms with E-state index in [2.05, 4.69) is 15.5 Å². The van der Waals surface area contributed by atoms with E-state index >= 15 is 0 Å². The van der Waals surface area contributed by atoms with Crippen LogP contribution in [0, 0.1) is 0 Å². The van der Waals surface area contributed by atoms with Gasteiger partial charge in [0.15, 0.2) is 17.1 Å². The summed E-state index contributed by atoms with van der Waals surface area (Å²) in [4.78, 5) is 12.6. The van der Waals surface area contributed by atoms with Gasteiger partial charge in [-0.2, -0.15) is 0 Å². The molecule has 0 saturated heterocycles. The number of amides is 1. The predicted octanol–water partition coefficient (Wildman–Crippen LogP) is 5.16. The number of para-hydroxylation sites is 1. The van der Waals surface area contributed by atoms with Gasteiger partial charge in [-0.15, -0.1) is 10.2 Å². The van der Waals surface area contributed by atoms with Gasteiger partial charge in [-0.3, -0.25) is 9.36 Å². The molecule has 1 amide bonds. The zero-order chi connectivity index (χ0) is 24.6. The molecule has 0 aliphatic carbocycles. The summed E-state index contributed by atoms with van der Waals surface area (Å²) in [6.45, 7) is 1.92. The van der Waals surface area contributed by atoms with E-state index in [1.807, 2.05) is 66.1 Å². The van der Waals surface area contributed by atoms with Crippen LogP contribution in [0.25, 0.3) is 5.69 Å². The fraction of sp³-hybridized carbons (Fsp3) is 0.192. The summed E-state index contributed by atoms with van der Waals surface area (Å²) in [6.07, 6.45) is -0.390.